The van der Waals surface area contributed by atoms with Gasteiger partial charge in [-0.05, 0) is 93.1 Å². The van der Waals surface area contributed by atoms with Crippen molar-refractivity contribution in [3.8, 4) is 23.0 Å². The quantitative estimate of drug-likeness (QED) is 0.0881. The Morgan fingerprint density at radius 2 is 1.44 bits per heavy atom. The van der Waals surface area contributed by atoms with Crippen LogP contribution in [0, 0.1) is 0 Å². The van der Waals surface area contributed by atoms with E-state index in [9.17, 15) is 14.4 Å². The Morgan fingerprint density at radius 3 is 2.16 bits per heavy atom. The van der Waals surface area contributed by atoms with E-state index in [1.807, 2.05) is 13.8 Å². The summed E-state index contributed by atoms with van der Waals surface area (Å²) in [7, 11) is 0. The number of hydrazone groups is 1. The molecule has 11 heteroatoms. The predicted octanol–water partition coefficient (Wildman–Crippen LogP) is 5.71. The minimum atomic E-state index is -0.659. The van der Waals surface area contributed by atoms with E-state index in [1.54, 1.807) is 67.6 Å². The highest BCUT2D eigenvalue weighted by Crippen LogP contribution is 2.30. The molecular weight excluding hydrogens is 554 g/mol. The number of furan rings is 1. The zero-order valence-electron chi connectivity index (χ0n) is 23.9. The van der Waals surface area contributed by atoms with Gasteiger partial charge in [-0.2, -0.15) is 5.10 Å². The van der Waals surface area contributed by atoms with Crippen LogP contribution in [-0.2, 0) is 0 Å². The molecule has 0 aliphatic rings. The van der Waals surface area contributed by atoms with E-state index in [1.165, 1.54) is 24.6 Å². The summed E-state index contributed by atoms with van der Waals surface area (Å²) in [5, 5.41) is 6.82. The lowest BCUT2D eigenvalue weighted by Gasteiger charge is -2.13. The molecule has 0 aliphatic carbocycles. The van der Waals surface area contributed by atoms with Gasteiger partial charge in [-0.25, -0.2) is 10.2 Å². The highest BCUT2D eigenvalue weighted by atomic mass is 16.6. The first kappa shape index (κ1) is 30.4. The summed E-state index contributed by atoms with van der Waals surface area (Å²) in [6, 6.07) is 19.3. The fourth-order valence-corrected chi connectivity index (χ4v) is 3.87. The molecule has 0 aliphatic heterocycles. The van der Waals surface area contributed by atoms with Gasteiger partial charge in [0, 0.05) is 16.8 Å². The van der Waals surface area contributed by atoms with Crippen LogP contribution in [0.3, 0.4) is 0 Å². The SMILES string of the molecule is CCOc1ccc(C(=O)Nc2cccc(C(=O)NN=Cc3ccc(OC(=O)c4ccco4)c(OCC)c3)c2)cc1OCC. The van der Waals surface area contributed by atoms with Gasteiger partial charge in [-0.15, -0.1) is 0 Å². The van der Waals surface area contributed by atoms with Gasteiger partial charge in [0.15, 0.2) is 23.0 Å². The molecule has 1 heterocycles. The lowest BCUT2D eigenvalue weighted by Crippen LogP contribution is -2.18. The van der Waals surface area contributed by atoms with E-state index in [-0.39, 0.29) is 23.0 Å². The van der Waals surface area contributed by atoms with Crippen LogP contribution in [0.2, 0.25) is 0 Å². The van der Waals surface area contributed by atoms with Crippen LogP contribution < -0.4 is 29.7 Å². The molecule has 0 saturated carbocycles. The van der Waals surface area contributed by atoms with Crippen LogP contribution in [0.5, 0.6) is 23.0 Å². The first-order valence-electron chi connectivity index (χ1n) is 13.6. The monoisotopic (exact) mass is 585 g/mol. The molecule has 43 heavy (non-hydrogen) atoms. The van der Waals surface area contributed by atoms with E-state index in [4.69, 9.17) is 23.4 Å². The minimum Gasteiger partial charge on any atom is -0.490 e. The largest absolute Gasteiger partial charge is 0.490 e. The van der Waals surface area contributed by atoms with Gasteiger partial charge in [0.25, 0.3) is 11.8 Å². The molecule has 222 valence electrons. The fraction of sp³-hybridized carbons (Fsp3) is 0.188. The number of carbonyl (C=O) groups is 3. The maximum Gasteiger partial charge on any atom is 0.379 e. The Balaban J connectivity index is 1.39. The molecule has 1 aromatic heterocycles. The predicted molar refractivity (Wildman–Crippen MR) is 160 cm³/mol. The Kier molecular flexibility index (Phi) is 10.5. The number of rotatable bonds is 13. The standard InChI is InChI=1S/C32H31N3O8/c1-4-39-25-15-13-23(19-29(25)41-6-3)30(36)34-24-10-7-9-22(18-24)31(37)35-33-20-21-12-14-26(28(17-21)40-5-2)43-32(38)27-11-8-16-42-27/h7-20H,4-6H2,1-3H3,(H,34,36)(H,35,37). The summed E-state index contributed by atoms with van der Waals surface area (Å²) < 4.78 is 27.2. The summed E-state index contributed by atoms with van der Waals surface area (Å²) in [5.41, 5.74) is 4.14. The lowest BCUT2D eigenvalue weighted by atomic mass is 10.1. The second-order valence-electron chi connectivity index (χ2n) is 8.77. The summed E-state index contributed by atoms with van der Waals surface area (Å²) in [6.45, 7) is 6.74. The zero-order valence-corrected chi connectivity index (χ0v) is 23.9. The molecule has 4 rings (SSSR count). The van der Waals surface area contributed by atoms with Crippen molar-refractivity contribution in [3.63, 3.8) is 0 Å². The number of benzene rings is 3. The van der Waals surface area contributed by atoms with Crippen molar-refractivity contribution in [2.75, 3.05) is 25.1 Å². The topological polar surface area (TPSA) is 138 Å². The van der Waals surface area contributed by atoms with Gasteiger partial charge in [-0.3, -0.25) is 9.59 Å². The molecule has 0 atom stereocenters. The Morgan fingerprint density at radius 1 is 0.744 bits per heavy atom. The summed E-state index contributed by atoms with van der Waals surface area (Å²) in [4.78, 5) is 37.9. The molecule has 0 saturated heterocycles. The number of amides is 2. The maximum absolute atomic E-state index is 12.9. The number of carbonyl (C=O) groups excluding carboxylic acids is 3. The third-order valence-electron chi connectivity index (χ3n) is 5.76. The van der Waals surface area contributed by atoms with Crippen LogP contribution in [0.4, 0.5) is 5.69 Å². The minimum absolute atomic E-state index is 0.0614. The number of esters is 1. The van der Waals surface area contributed by atoms with E-state index >= 15 is 0 Å². The van der Waals surface area contributed by atoms with Crippen molar-refractivity contribution in [1.82, 2.24) is 5.43 Å². The number of hydrogen-bond donors (Lipinski definition) is 2. The Bertz CT molecular complexity index is 1600. The molecule has 0 unspecified atom stereocenters. The molecular formula is C32H31N3O8. The summed E-state index contributed by atoms with van der Waals surface area (Å²) in [5.74, 6) is 0.104. The van der Waals surface area contributed by atoms with Gasteiger partial charge in [0.05, 0.1) is 32.3 Å². The van der Waals surface area contributed by atoms with Crippen molar-refractivity contribution in [2.24, 2.45) is 5.10 Å². The van der Waals surface area contributed by atoms with E-state index in [2.05, 4.69) is 15.8 Å². The first-order chi connectivity index (χ1) is 20.9. The molecule has 0 spiro atoms. The van der Waals surface area contributed by atoms with Crippen LogP contribution in [0.25, 0.3) is 0 Å². The summed E-state index contributed by atoms with van der Waals surface area (Å²) >= 11 is 0. The molecule has 2 amide bonds. The number of anilines is 1. The van der Waals surface area contributed by atoms with Gasteiger partial charge in [0.2, 0.25) is 5.76 Å². The van der Waals surface area contributed by atoms with E-state index in [0.717, 1.165) is 0 Å². The number of ether oxygens (including phenoxy) is 4. The van der Waals surface area contributed by atoms with Crippen molar-refractivity contribution >= 4 is 29.7 Å². The molecule has 4 aromatic rings. The zero-order chi connectivity index (χ0) is 30.6. The molecule has 3 aromatic carbocycles. The van der Waals surface area contributed by atoms with Crippen LogP contribution in [0.1, 0.15) is 57.6 Å². The van der Waals surface area contributed by atoms with Crippen molar-refractivity contribution in [3.05, 3.63) is 102 Å². The molecule has 0 bridgehead atoms. The van der Waals surface area contributed by atoms with Crippen molar-refractivity contribution in [1.29, 1.82) is 0 Å². The third kappa shape index (κ3) is 8.23. The molecule has 0 radical (unpaired) electrons. The highest BCUT2D eigenvalue weighted by molar-refractivity contribution is 6.05. The smallest absolute Gasteiger partial charge is 0.379 e. The number of nitrogens with one attached hydrogen (secondary N) is 2. The van der Waals surface area contributed by atoms with Gasteiger partial charge in [-0.1, -0.05) is 6.07 Å². The lowest BCUT2D eigenvalue weighted by molar-refractivity contribution is 0.0694. The Hall–Kier alpha value is -5.58. The van der Waals surface area contributed by atoms with Crippen molar-refractivity contribution in [2.45, 2.75) is 20.8 Å². The average Bonchev–Trinajstić information content (AvgIpc) is 3.55. The second kappa shape index (κ2) is 14.9. The normalized spacial score (nSPS) is 10.7. The van der Waals surface area contributed by atoms with Crippen LogP contribution in [-0.4, -0.2) is 43.8 Å². The van der Waals surface area contributed by atoms with E-state index in [0.29, 0.717) is 53.9 Å². The van der Waals surface area contributed by atoms with Gasteiger partial charge in [0.1, 0.15) is 0 Å². The Labute approximate surface area is 248 Å². The maximum atomic E-state index is 12.9. The van der Waals surface area contributed by atoms with Crippen LogP contribution >= 0.6 is 0 Å². The molecule has 0 fully saturated rings. The highest BCUT2D eigenvalue weighted by Gasteiger charge is 2.16. The number of hydrogen-bond acceptors (Lipinski definition) is 9. The van der Waals surface area contributed by atoms with Crippen molar-refractivity contribution < 1.29 is 37.7 Å². The average molecular weight is 586 g/mol. The first-order valence-corrected chi connectivity index (χ1v) is 13.6. The second-order valence-corrected chi connectivity index (χ2v) is 8.77. The number of nitrogens with zero attached hydrogens (tertiary/aromatic N) is 1. The third-order valence-corrected chi connectivity index (χ3v) is 5.76. The van der Waals surface area contributed by atoms with E-state index < -0.39 is 11.9 Å². The fourth-order valence-electron chi connectivity index (χ4n) is 3.87. The van der Waals surface area contributed by atoms with Gasteiger partial charge < -0.3 is 28.7 Å². The van der Waals surface area contributed by atoms with Gasteiger partial charge >= 0.3 is 5.97 Å². The molecule has 2 N–H and O–H groups in total. The van der Waals surface area contributed by atoms with Crippen LogP contribution in [0.15, 0.2) is 88.6 Å². The summed E-state index contributed by atoms with van der Waals surface area (Å²) in [6.07, 6.45) is 2.80. The molecule has 11 nitrogen and oxygen atoms in total.